The van der Waals surface area contributed by atoms with Crippen molar-refractivity contribution < 1.29 is 9.53 Å². The Bertz CT molecular complexity index is 463. The number of hydrogen-bond donors (Lipinski definition) is 1. The second-order valence-corrected chi connectivity index (χ2v) is 6.56. The van der Waals surface area contributed by atoms with Gasteiger partial charge in [0.15, 0.2) is 0 Å². The summed E-state index contributed by atoms with van der Waals surface area (Å²) in [4.78, 5) is 11.2. The molecular weight excluding hydrogens is 374 g/mol. The monoisotopic (exact) mass is 391 g/mol. The summed E-state index contributed by atoms with van der Waals surface area (Å²) in [5.41, 5.74) is 8.44. The van der Waals surface area contributed by atoms with Crippen LogP contribution in [-0.4, -0.2) is 13.1 Å². The maximum Gasteiger partial charge on any atom is 0.305 e. The van der Waals surface area contributed by atoms with E-state index in [1.54, 1.807) is 0 Å². The van der Waals surface area contributed by atoms with Crippen LogP contribution in [-0.2, 0) is 9.53 Å². The fraction of sp³-hybridized carbons (Fsp3) is 0.500. The molecule has 0 aliphatic carbocycles. The van der Waals surface area contributed by atoms with Gasteiger partial charge in [-0.1, -0.05) is 38.8 Å². The molecule has 0 bridgehead atoms. The predicted octanol–water partition coefficient (Wildman–Crippen LogP) is 4.11. The standard InChI is InChI=1S/C14H19Br2NO2/c1-8(5-14(18)19-3)4-13(17)10-7-11(15)9(2)6-12(10)16/h6-8,13H,4-5,17H2,1-3H3. The van der Waals surface area contributed by atoms with Gasteiger partial charge in [-0.15, -0.1) is 0 Å². The molecule has 0 amide bonds. The Morgan fingerprint density at radius 3 is 2.58 bits per heavy atom. The summed E-state index contributed by atoms with van der Waals surface area (Å²) >= 11 is 7.06. The number of halogens is 2. The number of nitrogens with two attached hydrogens (primary N) is 1. The summed E-state index contributed by atoms with van der Waals surface area (Å²) in [7, 11) is 1.41. The Balaban J connectivity index is 2.75. The van der Waals surface area contributed by atoms with Crippen LogP contribution in [0.1, 0.15) is 36.9 Å². The van der Waals surface area contributed by atoms with Crippen LogP contribution in [0.15, 0.2) is 21.1 Å². The molecule has 2 N–H and O–H groups in total. The molecule has 2 atom stereocenters. The summed E-state index contributed by atoms with van der Waals surface area (Å²) in [6, 6.07) is 3.98. The lowest BCUT2D eigenvalue weighted by molar-refractivity contribution is -0.141. The van der Waals surface area contributed by atoms with Gasteiger partial charge >= 0.3 is 5.97 Å². The number of methoxy groups -OCH3 is 1. The number of carbonyl (C=O) groups excluding carboxylic acids is 1. The Morgan fingerprint density at radius 2 is 2.00 bits per heavy atom. The minimum atomic E-state index is -0.191. The number of aryl methyl sites for hydroxylation is 1. The van der Waals surface area contributed by atoms with E-state index in [0.717, 1.165) is 26.5 Å². The van der Waals surface area contributed by atoms with Crippen molar-refractivity contribution in [2.24, 2.45) is 11.7 Å². The van der Waals surface area contributed by atoms with Gasteiger partial charge in [-0.25, -0.2) is 0 Å². The van der Waals surface area contributed by atoms with Gasteiger partial charge in [-0.2, -0.15) is 0 Å². The number of carbonyl (C=O) groups is 1. The Labute approximate surface area is 131 Å². The number of ether oxygens (including phenoxy) is 1. The third-order valence-electron chi connectivity index (χ3n) is 3.08. The average molecular weight is 393 g/mol. The fourth-order valence-electron chi connectivity index (χ4n) is 1.96. The van der Waals surface area contributed by atoms with E-state index in [1.165, 1.54) is 7.11 Å². The normalized spacial score (nSPS) is 14.0. The lowest BCUT2D eigenvalue weighted by Crippen LogP contribution is -2.17. The van der Waals surface area contributed by atoms with Gasteiger partial charge in [0.25, 0.3) is 0 Å². The van der Waals surface area contributed by atoms with E-state index in [0.29, 0.717) is 6.42 Å². The van der Waals surface area contributed by atoms with E-state index in [-0.39, 0.29) is 17.9 Å². The summed E-state index contributed by atoms with van der Waals surface area (Å²) in [5.74, 6) is -0.00159. The summed E-state index contributed by atoms with van der Waals surface area (Å²) < 4.78 is 6.72. The van der Waals surface area contributed by atoms with E-state index in [4.69, 9.17) is 5.73 Å². The zero-order valence-corrected chi connectivity index (χ0v) is 14.5. The van der Waals surface area contributed by atoms with E-state index >= 15 is 0 Å². The quantitative estimate of drug-likeness (QED) is 0.767. The summed E-state index contributed by atoms with van der Waals surface area (Å²) in [6.45, 7) is 4.04. The van der Waals surface area contributed by atoms with Crippen LogP contribution in [0, 0.1) is 12.8 Å². The molecule has 0 radical (unpaired) electrons. The predicted molar refractivity (Wildman–Crippen MR) is 83.9 cm³/mol. The average Bonchev–Trinajstić information content (AvgIpc) is 2.33. The molecule has 0 saturated carbocycles. The first-order valence-corrected chi connectivity index (χ1v) is 7.71. The van der Waals surface area contributed by atoms with E-state index < -0.39 is 0 Å². The minimum absolute atomic E-state index is 0.106. The molecule has 0 aliphatic rings. The first-order chi connectivity index (χ1) is 8.85. The summed E-state index contributed by atoms with van der Waals surface area (Å²) in [6.07, 6.45) is 1.14. The number of benzene rings is 1. The maximum atomic E-state index is 11.2. The molecule has 0 saturated heterocycles. The van der Waals surface area contributed by atoms with Crippen LogP contribution in [0.2, 0.25) is 0 Å². The first-order valence-electron chi connectivity index (χ1n) is 6.13. The molecule has 0 aliphatic heterocycles. The highest BCUT2D eigenvalue weighted by atomic mass is 79.9. The Kier molecular flexibility index (Phi) is 6.50. The largest absolute Gasteiger partial charge is 0.469 e. The topological polar surface area (TPSA) is 52.3 Å². The molecule has 106 valence electrons. The van der Waals surface area contributed by atoms with Crippen LogP contribution < -0.4 is 5.73 Å². The van der Waals surface area contributed by atoms with Crippen LogP contribution >= 0.6 is 31.9 Å². The molecule has 1 aromatic rings. The lowest BCUT2D eigenvalue weighted by Gasteiger charge is -2.19. The van der Waals surface area contributed by atoms with Gasteiger partial charge in [0.05, 0.1) is 7.11 Å². The van der Waals surface area contributed by atoms with Crippen LogP contribution in [0.25, 0.3) is 0 Å². The minimum Gasteiger partial charge on any atom is -0.469 e. The zero-order valence-electron chi connectivity index (χ0n) is 11.4. The number of esters is 1. The van der Waals surface area contributed by atoms with Crippen molar-refractivity contribution in [3.63, 3.8) is 0 Å². The molecule has 5 heteroatoms. The van der Waals surface area contributed by atoms with Gasteiger partial charge in [0.1, 0.15) is 0 Å². The van der Waals surface area contributed by atoms with Crippen LogP contribution in [0.4, 0.5) is 0 Å². The van der Waals surface area contributed by atoms with Crippen molar-refractivity contribution in [3.8, 4) is 0 Å². The third-order valence-corrected chi connectivity index (χ3v) is 4.62. The van der Waals surface area contributed by atoms with Crippen molar-refractivity contribution >= 4 is 37.8 Å². The smallest absolute Gasteiger partial charge is 0.305 e. The van der Waals surface area contributed by atoms with E-state index in [2.05, 4.69) is 36.6 Å². The molecule has 0 aromatic heterocycles. The second kappa shape index (κ2) is 7.41. The summed E-state index contributed by atoms with van der Waals surface area (Å²) in [5, 5.41) is 0. The van der Waals surface area contributed by atoms with Crippen molar-refractivity contribution in [1.82, 2.24) is 0 Å². The molecule has 0 heterocycles. The maximum absolute atomic E-state index is 11.2. The number of rotatable bonds is 5. The molecule has 1 aromatic carbocycles. The van der Waals surface area contributed by atoms with Crippen LogP contribution in [0.3, 0.4) is 0 Å². The third kappa shape index (κ3) is 4.89. The zero-order chi connectivity index (χ0) is 14.6. The molecule has 19 heavy (non-hydrogen) atoms. The lowest BCUT2D eigenvalue weighted by atomic mass is 9.94. The molecule has 1 rings (SSSR count). The molecular formula is C14H19Br2NO2. The van der Waals surface area contributed by atoms with Crippen molar-refractivity contribution in [1.29, 1.82) is 0 Å². The van der Waals surface area contributed by atoms with Gasteiger partial charge < -0.3 is 10.5 Å². The van der Waals surface area contributed by atoms with E-state index in [9.17, 15) is 4.79 Å². The van der Waals surface area contributed by atoms with Gasteiger partial charge in [-0.3, -0.25) is 4.79 Å². The van der Waals surface area contributed by atoms with Crippen LogP contribution in [0.5, 0.6) is 0 Å². The number of hydrogen-bond acceptors (Lipinski definition) is 3. The van der Waals surface area contributed by atoms with Crippen molar-refractivity contribution in [3.05, 3.63) is 32.2 Å². The van der Waals surface area contributed by atoms with Crippen molar-refractivity contribution in [2.45, 2.75) is 32.7 Å². The highest BCUT2D eigenvalue weighted by Gasteiger charge is 2.17. The highest BCUT2D eigenvalue weighted by Crippen LogP contribution is 2.31. The van der Waals surface area contributed by atoms with E-state index in [1.807, 2.05) is 26.0 Å². The van der Waals surface area contributed by atoms with Gasteiger partial charge in [0, 0.05) is 21.4 Å². The molecule has 3 nitrogen and oxygen atoms in total. The van der Waals surface area contributed by atoms with Crippen molar-refractivity contribution in [2.75, 3.05) is 7.11 Å². The van der Waals surface area contributed by atoms with Gasteiger partial charge in [-0.05, 0) is 42.5 Å². The first kappa shape index (κ1) is 16.7. The highest BCUT2D eigenvalue weighted by molar-refractivity contribution is 9.11. The molecule has 0 spiro atoms. The fourth-order valence-corrected chi connectivity index (χ4v) is 3.07. The van der Waals surface area contributed by atoms with Gasteiger partial charge in [0.2, 0.25) is 0 Å². The molecule has 0 fully saturated rings. The Hall–Kier alpha value is -0.390. The SMILES string of the molecule is COC(=O)CC(C)CC(N)c1cc(Br)c(C)cc1Br. The molecule has 2 unspecified atom stereocenters. The second-order valence-electron chi connectivity index (χ2n) is 4.85. The Morgan fingerprint density at radius 1 is 1.37 bits per heavy atom.